The molecule has 0 aliphatic rings. The Morgan fingerprint density at radius 3 is 2.55 bits per heavy atom. The third kappa shape index (κ3) is 4.22. The molecule has 0 aliphatic heterocycles. The highest BCUT2D eigenvalue weighted by atomic mass is 32.2. The van der Waals surface area contributed by atoms with Crippen molar-refractivity contribution in [2.75, 3.05) is 27.1 Å². The first-order chi connectivity index (χ1) is 15.1. The van der Waals surface area contributed by atoms with Gasteiger partial charge in [0.05, 0.1) is 26.2 Å². The molecule has 2 heterocycles. The van der Waals surface area contributed by atoms with Gasteiger partial charge in [0, 0.05) is 6.54 Å². The molecule has 8 nitrogen and oxygen atoms in total. The average molecular weight is 438 g/mol. The fraction of sp³-hybridized carbons (Fsp3) is 0.227. The van der Waals surface area contributed by atoms with E-state index < -0.39 is 0 Å². The number of nitrogens with two attached hydrogens (primary N) is 1. The highest BCUT2D eigenvalue weighted by Crippen LogP contribution is 2.38. The lowest BCUT2D eigenvalue weighted by Crippen LogP contribution is -2.05. The van der Waals surface area contributed by atoms with Gasteiger partial charge in [-0.2, -0.15) is 0 Å². The Hall–Kier alpha value is -3.46. The molecule has 2 N–H and O–H groups in total. The molecule has 160 valence electrons. The van der Waals surface area contributed by atoms with Crippen LogP contribution in [0.4, 0.5) is 5.82 Å². The Morgan fingerprint density at radius 2 is 1.77 bits per heavy atom. The maximum Gasteiger partial charge on any atom is 0.175 e. The van der Waals surface area contributed by atoms with E-state index in [1.165, 1.54) is 18.1 Å². The van der Waals surface area contributed by atoms with Crippen molar-refractivity contribution in [2.45, 2.75) is 23.0 Å². The van der Waals surface area contributed by atoms with Crippen molar-refractivity contribution in [3.8, 4) is 17.2 Å². The normalized spacial score (nSPS) is 10.9. The van der Waals surface area contributed by atoms with Crippen LogP contribution >= 0.6 is 11.8 Å². The summed E-state index contributed by atoms with van der Waals surface area (Å²) in [6.07, 6.45) is 2.20. The minimum Gasteiger partial charge on any atom is -0.497 e. The Kier molecular flexibility index (Phi) is 6.13. The number of nitrogen functional groups attached to an aromatic ring is 1. The molecule has 4 rings (SSSR count). The molecule has 0 bridgehead atoms. The average Bonchev–Trinajstić information content (AvgIpc) is 3.16. The van der Waals surface area contributed by atoms with Crippen LogP contribution in [-0.4, -0.2) is 40.8 Å². The van der Waals surface area contributed by atoms with Gasteiger partial charge >= 0.3 is 0 Å². The van der Waals surface area contributed by atoms with Crippen molar-refractivity contribution in [2.24, 2.45) is 0 Å². The summed E-state index contributed by atoms with van der Waals surface area (Å²) in [7, 11) is 4.95. The summed E-state index contributed by atoms with van der Waals surface area (Å²) < 4.78 is 18.5. The molecule has 31 heavy (non-hydrogen) atoms. The maximum atomic E-state index is 6.09. The van der Waals surface area contributed by atoms with Gasteiger partial charge in [-0.1, -0.05) is 18.2 Å². The zero-order chi connectivity index (χ0) is 21.8. The first-order valence-corrected chi connectivity index (χ1v) is 10.4. The zero-order valence-electron chi connectivity index (χ0n) is 17.5. The maximum absolute atomic E-state index is 6.09. The second-order valence-corrected chi connectivity index (χ2v) is 7.67. The fourth-order valence-electron chi connectivity index (χ4n) is 3.32. The van der Waals surface area contributed by atoms with E-state index in [-0.39, 0.29) is 0 Å². The minimum absolute atomic E-state index is 0.348. The van der Waals surface area contributed by atoms with E-state index in [2.05, 4.69) is 16.0 Å². The number of aryl methyl sites for hydroxylation is 2. The van der Waals surface area contributed by atoms with Crippen LogP contribution in [0.5, 0.6) is 17.2 Å². The number of fused-ring (bicyclic) bond motifs is 1. The summed E-state index contributed by atoms with van der Waals surface area (Å²) in [4.78, 5) is 14.2. The number of nitrogens with zero attached hydrogens (tertiary/aromatic N) is 4. The molecule has 9 heteroatoms. The molecule has 2 aromatic carbocycles. The fourth-order valence-corrected chi connectivity index (χ4v) is 4.37. The van der Waals surface area contributed by atoms with Crippen molar-refractivity contribution in [1.29, 1.82) is 0 Å². The van der Waals surface area contributed by atoms with E-state index in [4.69, 9.17) is 24.9 Å². The standard InChI is InChI=1S/C22H23N5O3S/c1-28-15-8-9-17(30-3)18(12-15)31-22-26-19-20(23)24-13-25-21(19)27(22)11-10-14-6-4-5-7-16(14)29-2/h4-9,12-13H,10-11H2,1-3H3,(H2,23,24,25). The molecule has 0 spiro atoms. The van der Waals surface area contributed by atoms with Crippen LogP contribution in [0.25, 0.3) is 11.2 Å². The summed E-state index contributed by atoms with van der Waals surface area (Å²) in [6, 6.07) is 13.6. The second kappa shape index (κ2) is 9.13. The summed E-state index contributed by atoms with van der Waals surface area (Å²) in [5.74, 6) is 2.66. The monoisotopic (exact) mass is 437 g/mol. The number of ether oxygens (including phenoxy) is 3. The predicted octanol–water partition coefficient (Wildman–Crippen LogP) is 3.83. The summed E-state index contributed by atoms with van der Waals surface area (Å²) in [6.45, 7) is 0.641. The molecule has 0 radical (unpaired) electrons. The first kappa shape index (κ1) is 20.8. The third-order valence-corrected chi connectivity index (χ3v) is 5.93. The number of benzene rings is 2. The Labute approximate surface area is 184 Å². The first-order valence-electron chi connectivity index (χ1n) is 9.63. The smallest absolute Gasteiger partial charge is 0.175 e. The Morgan fingerprint density at radius 1 is 0.968 bits per heavy atom. The molecule has 0 fully saturated rings. The topological polar surface area (TPSA) is 97.3 Å². The number of rotatable bonds is 8. The van der Waals surface area contributed by atoms with E-state index in [9.17, 15) is 0 Å². The van der Waals surface area contributed by atoms with Crippen molar-refractivity contribution in [1.82, 2.24) is 19.5 Å². The van der Waals surface area contributed by atoms with Crippen molar-refractivity contribution in [3.63, 3.8) is 0 Å². The minimum atomic E-state index is 0.348. The number of hydrogen-bond acceptors (Lipinski definition) is 8. The third-order valence-electron chi connectivity index (χ3n) is 4.89. The molecule has 0 amide bonds. The van der Waals surface area contributed by atoms with E-state index >= 15 is 0 Å². The van der Waals surface area contributed by atoms with Gasteiger partial charge in [-0.15, -0.1) is 0 Å². The van der Waals surface area contributed by atoms with E-state index in [1.807, 2.05) is 41.0 Å². The SMILES string of the molecule is COc1ccc(OC)c(Sc2nc3c(N)ncnc3n2CCc2ccccc2OC)c1. The van der Waals surface area contributed by atoms with Crippen molar-refractivity contribution >= 4 is 28.7 Å². The van der Waals surface area contributed by atoms with Crippen LogP contribution < -0.4 is 19.9 Å². The zero-order valence-corrected chi connectivity index (χ0v) is 18.3. The second-order valence-electron chi connectivity index (χ2n) is 6.66. The Balaban J connectivity index is 1.74. The number of para-hydroxylation sites is 1. The largest absolute Gasteiger partial charge is 0.497 e. The lowest BCUT2D eigenvalue weighted by Gasteiger charge is -2.13. The molecule has 0 unspecified atom stereocenters. The Bertz CT molecular complexity index is 1210. The molecular weight excluding hydrogens is 414 g/mol. The molecule has 0 aliphatic carbocycles. The van der Waals surface area contributed by atoms with Crippen LogP contribution in [0.2, 0.25) is 0 Å². The van der Waals surface area contributed by atoms with Crippen molar-refractivity contribution in [3.05, 3.63) is 54.4 Å². The number of methoxy groups -OCH3 is 3. The lowest BCUT2D eigenvalue weighted by atomic mass is 10.1. The van der Waals surface area contributed by atoms with Gasteiger partial charge in [0.15, 0.2) is 22.1 Å². The molecule has 2 aromatic heterocycles. The van der Waals surface area contributed by atoms with Crippen molar-refractivity contribution < 1.29 is 14.2 Å². The summed E-state index contributed by atoms with van der Waals surface area (Å²) in [5, 5.41) is 0.739. The molecule has 4 aromatic rings. The van der Waals surface area contributed by atoms with Gasteiger partial charge in [0.25, 0.3) is 0 Å². The molecule has 0 saturated heterocycles. The number of aromatic nitrogens is 4. The van der Waals surface area contributed by atoms with E-state index in [0.29, 0.717) is 23.5 Å². The van der Waals surface area contributed by atoms with Crippen LogP contribution in [0, 0.1) is 0 Å². The van der Waals surface area contributed by atoms with Gasteiger partial charge in [-0.25, -0.2) is 15.0 Å². The highest BCUT2D eigenvalue weighted by molar-refractivity contribution is 7.99. The van der Waals surface area contributed by atoms with Gasteiger partial charge < -0.3 is 24.5 Å². The van der Waals surface area contributed by atoms with E-state index in [0.717, 1.165) is 39.3 Å². The molecule has 0 atom stereocenters. The number of imidazole rings is 1. The van der Waals surface area contributed by atoms with Gasteiger partial charge in [-0.3, -0.25) is 0 Å². The number of anilines is 1. The molecule has 0 saturated carbocycles. The van der Waals surface area contributed by atoms with Gasteiger partial charge in [-0.05, 0) is 48.0 Å². The van der Waals surface area contributed by atoms with Crippen LogP contribution in [-0.2, 0) is 13.0 Å². The summed E-state index contributed by atoms with van der Waals surface area (Å²) >= 11 is 1.47. The van der Waals surface area contributed by atoms with Gasteiger partial charge in [0.2, 0.25) is 0 Å². The van der Waals surface area contributed by atoms with Gasteiger partial charge in [0.1, 0.15) is 23.6 Å². The predicted molar refractivity (Wildman–Crippen MR) is 120 cm³/mol. The van der Waals surface area contributed by atoms with Crippen LogP contribution in [0.1, 0.15) is 5.56 Å². The highest BCUT2D eigenvalue weighted by Gasteiger charge is 2.18. The molecular formula is C22H23N5O3S. The van der Waals surface area contributed by atoms with Crippen LogP contribution in [0.3, 0.4) is 0 Å². The quantitative estimate of drug-likeness (QED) is 0.444. The van der Waals surface area contributed by atoms with E-state index in [1.54, 1.807) is 21.3 Å². The summed E-state index contributed by atoms with van der Waals surface area (Å²) in [5.41, 5.74) is 8.45. The lowest BCUT2D eigenvalue weighted by molar-refractivity contribution is 0.394. The number of hydrogen-bond donors (Lipinski definition) is 1. The van der Waals surface area contributed by atoms with Crippen LogP contribution in [0.15, 0.2) is 58.8 Å².